The van der Waals surface area contributed by atoms with E-state index in [2.05, 4.69) is 15.5 Å². The minimum atomic E-state index is -0.271. The summed E-state index contributed by atoms with van der Waals surface area (Å²) in [5.74, 6) is 1.36. The van der Waals surface area contributed by atoms with Crippen molar-refractivity contribution < 1.29 is 9.53 Å². The molecule has 2 aromatic rings. The van der Waals surface area contributed by atoms with E-state index < -0.39 is 0 Å². The number of amides is 1. The van der Waals surface area contributed by atoms with Crippen LogP contribution in [0.4, 0.5) is 0 Å². The fourth-order valence-electron chi connectivity index (χ4n) is 1.93. The number of rotatable bonds is 6. The Morgan fingerprint density at radius 2 is 1.96 bits per heavy atom. The van der Waals surface area contributed by atoms with E-state index in [4.69, 9.17) is 16.3 Å². The normalized spacial score (nSPS) is 12.7. The molecule has 1 N–H and O–H groups in total. The summed E-state index contributed by atoms with van der Waals surface area (Å²) in [5, 5.41) is 12.3. The highest BCUT2D eigenvalue weighted by molar-refractivity contribution is 8.00. The summed E-state index contributed by atoms with van der Waals surface area (Å²) >= 11 is 7.22. The number of hydrogen-bond donors (Lipinski definition) is 1. The van der Waals surface area contributed by atoms with Crippen LogP contribution in [-0.2, 0) is 18.4 Å². The fraction of sp³-hybridized carbons (Fsp3) is 0.471. The highest BCUT2D eigenvalue weighted by Gasteiger charge is 2.22. The predicted octanol–water partition coefficient (Wildman–Crippen LogP) is 3.44. The van der Waals surface area contributed by atoms with Crippen LogP contribution in [0.25, 0.3) is 0 Å². The van der Waals surface area contributed by atoms with Crippen molar-refractivity contribution in [2.75, 3.05) is 0 Å². The second kappa shape index (κ2) is 8.10. The SMILES string of the molecule is C[C@@H](Sc1nnc(COc2ccc(Cl)cc2)n1C)C(=O)NC(C)(C)C. The molecule has 0 bridgehead atoms. The number of ether oxygens (including phenoxy) is 1. The van der Waals surface area contributed by atoms with Gasteiger partial charge in [0.05, 0.1) is 5.25 Å². The highest BCUT2D eigenvalue weighted by Crippen LogP contribution is 2.23. The maximum absolute atomic E-state index is 12.2. The van der Waals surface area contributed by atoms with E-state index in [1.54, 1.807) is 24.3 Å². The molecule has 2 rings (SSSR count). The van der Waals surface area contributed by atoms with Gasteiger partial charge in [-0.05, 0) is 52.0 Å². The van der Waals surface area contributed by atoms with Crippen LogP contribution in [0.2, 0.25) is 5.02 Å². The Labute approximate surface area is 157 Å². The lowest BCUT2D eigenvalue weighted by atomic mass is 10.1. The number of thioether (sulfide) groups is 1. The van der Waals surface area contributed by atoms with Crippen molar-refractivity contribution in [3.63, 3.8) is 0 Å². The van der Waals surface area contributed by atoms with Crippen LogP contribution < -0.4 is 10.1 Å². The van der Waals surface area contributed by atoms with E-state index in [1.165, 1.54) is 11.8 Å². The molecule has 0 radical (unpaired) electrons. The second-order valence-electron chi connectivity index (χ2n) is 6.70. The summed E-state index contributed by atoms with van der Waals surface area (Å²) in [7, 11) is 1.86. The summed E-state index contributed by atoms with van der Waals surface area (Å²) < 4.78 is 7.52. The maximum Gasteiger partial charge on any atom is 0.233 e. The van der Waals surface area contributed by atoms with Crippen LogP contribution in [0.5, 0.6) is 5.75 Å². The largest absolute Gasteiger partial charge is 0.486 e. The van der Waals surface area contributed by atoms with Gasteiger partial charge >= 0.3 is 0 Å². The van der Waals surface area contributed by atoms with Gasteiger partial charge in [-0.2, -0.15) is 0 Å². The number of nitrogens with zero attached hydrogens (tertiary/aromatic N) is 3. The van der Waals surface area contributed by atoms with E-state index in [9.17, 15) is 4.79 Å². The van der Waals surface area contributed by atoms with Crippen molar-refractivity contribution >= 4 is 29.3 Å². The Morgan fingerprint density at radius 1 is 1.32 bits per heavy atom. The van der Waals surface area contributed by atoms with Gasteiger partial charge in [0.2, 0.25) is 5.91 Å². The summed E-state index contributed by atoms with van der Waals surface area (Å²) in [5.41, 5.74) is -0.261. The van der Waals surface area contributed by atoms with Crippen molar-refractivity contribution in [1.82, 2.24) is 20.1 Å². The van der Waals surface area contributed by atoms with Crippen LogP contribution in [0.15, 0.2) is 29.4 Å². The summed E-state index contributed by atoms with van der Waals surface area (Å²) in [6, 6.07) is 7.13. The molecule has 1 heterocycles. The molecular formula is C17H23ClN4O2S. The number of carbonyl (C=O) groups is 1. The van der Waals surface area contributed by atoms with E-state index >= 15 is 0 Å². The molecule has 0 spiro atoms. The summed E-state index contributed by atoms with van der Waals surface area (Å²) in [4.78, 5) is 12.2. The number of halogens is 1. The molecule has 0 saturated carbocycles. The van der Waals surface area contributed by atoms with Gasteiger partial charge < -0.3 is 14.6 Å². The van der Waals surface area contributed by atoms with Gasteiger partial charge in [-0.25, -0.2) is 0 Å². The molecule has 0 aliphatic rings. The zero-order chi connectivity index (χ0) is 18.6. The van der Waals surface area contributed by atoms with E-state index in [0.29, 0.717) is 21.8 Å². The molecular weight excluding hydrogens is 360 g/mol. The third-order valence-electron chi connectivity index (χ3n) is 3.26. The van der Waals surface area contributed by atoms with E-state index in [-0.39, 0.29) is 23.3 Å². The monoisotopic (exact) mass is 382 g/mol. The van der Waals surface area contributed by atoms with Crippen molar-refractivity contribution in [3.05, 3.63) is 35.1 Å². The fourth-order valence-corrected chi connectivity index (χ4v) is 2.89. The Kier molecular flexibility index (Phi) is 6.35. The van der Waals surface area contributed by atoms with Crippen LogP contribution in [-0.4, -0.2) is 31.5 Å². The molecule has 1 aromatic carbocycles. The zero-order valence-corrected chi connectivity index (χ0v) is 16.6. The van der Waals surface area contributed by atoms with Crippen molar-refractivity contribution in [2.24, 2.45) is 7.05 Å². The van der Waals surface area contributed by atoms with Gasteiger partial charge in [-0.15, -0.1) is 10.2 Å². The molecule has 0 unspecified atom stereocenters. The Bertz CT molecular complexity index is 725. The topological polar surface area (TPSA) is 69.0 Å². The first kappa shape index (κ1) is 19.6. The number of aromatic nitrogens is 3. The van der Waals surface area contributed by atoms with Gasteiger partial charge in [0.25, 0.3) is 0 Å². The summed E-state index contributed by atoms with van der Waals surface area (Å²) in [6.45, 7) is 8.00. The van der Waals surface area contributed by atoms with Crippen LogP contribution in [0, 0.1) is 0 Å². The van der Waals surface area contributed by atoms with Crippen LogP contribution >= 0.6 is 23.4 Å². The maximum atomic E-state index is 12.2. The number of carbonyl (C=O) groups excluding carboxylic acids is 1. The third-order valence-corrected chi connectivity index (χ3v) is 4.64. The highest BCUT2D eigenvalue weighted by atomic mass is 35.5. The van der Waals surface area contributed by atoms with Gasteiger partial charge in [-0.3, -0.25) is 4.79 Å². The molecule has 136 valence electrons. The molecule has 25 heavy (non-hydrogen) atoms. The zero-order valence-electron chi connectivity index (χ0n) is 15.0. The van der Waals surface area contributed by atoms with Crippen molar-refractivity contribution in [3.8, 4) is 5.75 Å². The number of nitrogens with one attached hydrogen (secondary N) is 1. The predicted molar refractivity (Wildman–Crippen MR) is 100 cm³/mol. The quantitative estimate of drug-likeness (QED) is 0.775. The minimum Gasteiger partial charge on any atom is -0.486 e. The molecule has 0 saturated heterocycles. The molecule has 6 nitrogen and oxygen atoms in total. The number of hydrogen-bond acceptors (Lipinski definition) is 5. The first-order valence-electron chi connectivity index (χ1n) is 7.91. The first-order valence-corrected chi connectivity index (χ1v) is 9.17. The minimum absolute atomic E-state index is 0.0283. The molecule has 1 amide bonds. The van der Waals surface area contributed by atoms with E-state index in [1.807, 2.05) is 39.3 Å². The Balaban J connectivity index is 1.95. The van der Waals surface area contributed by atoms with Crippen molar-refractivity contribution in [1.29, 1.82) is 0 Å². The molecule has 1 aromatic heterocycles. The van der Waals surface area contributed by atoms with Gasteiger partial charge in [0.15, 0.2) is 11.0 Å². The smallest absolute Gasteiger partial charge is 0.233 e. The Morgan fingerprint density at radius 3 is 2.56 bits per heavy atom. The molecule has 0 aliphatic carbocycles. The van der Waals surface area contributed by atoms with Crippen molar-refractivity contribution in [2.45, 2.75) is 50.2 Å². The lowest BCUT2D eigenvalue weighted by molar-refractivity contribution is -0.121. The standard InChI is InChI=1S/C17H23ClN4O2S/c1-11(15(23)19-17(2,3)4)25-16-21-20-14(22(16)5)10-24-13-8-6-12(18)7-9-13/h6-9,11H,10H2,1-5H3,(H,19,23)/t11-/m1/s1. The van der Waals surface area contributed by atoms with Crippen LogP contribution in [0.1, 0.15) is 33.5 Å². The van der Waals surface area contributed by atoms with Gasteiger partial charge in [-0.1, -0.05) is 23.4 Å². The summed E-state index contributed by atoms with van der Waals surface area (Å²) in [6.07, 6.45) is 0. The lowest BCUT2D eigenvalue weighted by Gasteiger charge is -2.22. The molecule has 0 aliphatic heterocycles. The lowest BCUT2D eigenvalue weighted by Crippen LogP contribution is -2.44. The average Bonchev–Trinajstić information content (AvgIpc) is 2.85. The molecule has 8 heteroatoms. The van der Waals surface area contributed by atoms with E-state index in [0.717, 1.165) is 0 Å². The molecule has 1 atom stereocenters. The van der Waals surface area contributed by atoms with Gasteiger partial charge in [0, 0.05) is 17.6 Å². The number of benzene rings is 1. The average molecular weight is 383 g/mol. The van der Waals surface area contributed by atoms with Crippen LogP contribution in [0.3, 0.4) is 0 Å². The Hall–Kier alpha value is -1.73. The third kappa shape index (κ3) is 5.93. The van der Waals surface area contributed by atoms with Gasteiger partial charge in [0.1, 0.15) is 12.4 Å². The second-order valence-corrected chi connectivity index (χ2v) is 8.44. The first-order chi connectivity index (χ1) is 11.7. The molecule has 0 fully saturated rings.